The van der Waals surface area contributed by atoms with Crippen LogP contribution in [0, 0.1) is 19.8 Å². The second-order valence-electron chi connectivity index (χ2n) is 7.43. The fraction of sp³-hybridized carbons (Fsp3) is 0.524. The normalized spacial score (nSPS) is 15.9. The van der Waals surface area contributed by atoms with Gasteiger partial charge in [0.2, 0.25) is 5.91 Å². The Kier molecular flexibility index (Phi) is 6.45. The summed E-state index contributed by atoms with van der Waals surface area (Å²) in [5.74, 6) is 2.01. The molecule has 0 spiro atoms. The van der Waals surface area contributed by atoms with Crippen LogP contribution in [0.25, 0.3) is 0 Å². The summed E-state index contributed by atoms with van der Waals surface area (Å²) in [5, 5.41) is 6.57. The molecule has 0 atom stereocenters. The first-order valence-corrected chi connectivity index (χ1v) is 9.59. The summed E-state index contributed by atoms with van der Waals surface area (Å²) in [6.45, 7) is 6.94. The molecule has 1 aromatic heterocycles. The highest BCUT2D eigenvalue weighted by molar-refractivity contribution is 5.89. The molecule has 1 aliphatic heterocycles. The maximum absolute atomic E-state index is 12.0. The van der Waals surface area contributed by atoms with E-state index in [4.69, 9.17) is 4.52 Å². The lowest BCUT2D eigenvalue weighted by Crippen LogP contribution is -2.35. The van der Waals surface area contributed by atoms with Crippen LogP contribution in [0.1, 0.15) is 42.6 Å². The Morgan fingerprint density at radius 1 is 1.23 bits per heavy atom. The largest absolute Gasteiger partial charge is 0.360 e. The van der Waals surface area contributed by atoms with Crippen molar-refractivity contribution in [3.8, 4) is 0 Å². The van der Waals surface area contributed by atoms with Crippen LogP contribution >= 0.6 is 0 Å². The summed E-state index contributed by atoms with van der Waals surface area (Å²) >= 11 is 0. The van der Waals surface area contributed by atoms with E-state index >= 15 is 0 Å². The smallest absolute Gasteiger partial charge is 0.226 e. The first-order chi connectivity index (χ1) is 12.6. The van der Waals surface area contributed by atoms with Gasteiger partial charge in [0.05, 0.1) is 0 Å². The lowest BCUT2D eigenvalue weighted by molar-refractivity contribution is -0.116. The number of likely N-dealkylation sites (tertiary alicyclic amines) is 1. The molecule has 1 saturated heterocycles. The van der Waals surface area contributed by atoms with Crippen LogP contribution in [-0.2, 0) is 11.2 Å². The van der Waals surface area contributed by atoms with E-state index in [1.54, 1.807) is 6.07 Å². The maximum Gasteiger partial charge on any atom is 0.226 e. The summed E-state index contributed by atoms with van der Waals surface area (Å²) in [4.78, 5) is 14.4. The monoisotopic (exact) mass is 355 g/mol. The number of nitrogens with zero attached hydrogens (tertiary/aromatic N) is 2. The Balaban J connectivity index is 1.32. The number of hydrogen-bond acceptors (Lipinski definition) is 4. The zero-order valence-electron chi connectivity index (χ0n) is 15.8. The van der Waals surface area contributed by atoms with Crippen molar-refractivity contribution >= 4 is 11.7 Å². The summed E-state index contributed by atoms with van der Waals surface area (Å²) < 4.78 is 4.96. The average molecular weight is 355 g/mol. The minimum atomic E-state index is -0.000190. The van der Waals surface area contributed by atoms with Crippen molar-refractivity contribution in [1.29, 1.82) is 0 Å². The second kappa shape index (κ2) is 8.99. The van der Waals surface area contributed by atoms with Gasteiger partial charge in [0.15, 0.2) is 5.82 Å². The number of benzene rings is 1. The SMILES string of the molecule is Cc1ccc(CCC2CCN(CCC(=O)Nc3cc(C)on3)CC2)cc1. The number of anilines is 1. The highest BCUT2D eigenvalue weighted by Gasteiger charge is 2.19. The van der Waals surface area contributed by atoms with Gasteiger partial charge < -0.3 is 14.7 Å². The molecule has 0 bridgehead atoms. The first kappa shape index (κ1) is 18.6. The average Bonchev–Trinajstić information content (AvgIpc) is 3.05. The Morgan fingerprint density at radius 2 is 1.96 bits per heavy atom. The molecule has 0 unspecified atom stereocenters. The highest BCUT2D eigenvalue weighted by atomic mass is 16.5. The Hall–Kier alpha value is -2.14. The van der Waals surface area contributed by atoms with E-state index in [1.165, 1.54) is 36.8 Å². The number of carbonyl (C=O) groups excluding carboxylic acids is 1. The number of piperidine rings is 1. The van der Waals surface area contributed by atoms with Crippen LogP contribution in [0.5, 0.6) is 0 Å². The summed E-state index contributed by atoms with van der Waals surface area (Å²) in [6, 6.07) is 10.6. The van der Waals surface area contributed by atoms with Crippen LogP contribution in [0.2, 0.25) is 0 Å². The molecular formula is C21H29N3O2. The number of aromatic nitrogens is 1. The number of carbonyl (C=O) groups is 1. The molecule has 2 aromatic rings. The number of amides is 1. The predicted octanol–water partition coefficient (Wildman–Crippen LogP) is 3.96. The molecule has 0 aliphatic carbocycles. The Bertz CT molecular complexity index is 700. The molecule has 26 heavy (non-hydrogen) atoms. The zero-order chi connectivity index (χ0) is 18.4. The highest BCUT2D eigenvalue weighted by Crippen LogP contribution is 2.22. The van der Waals surface area contributed by atoms with E-state index in [2.05, 4.69) is 46.6 Å². The van der Waals surface area contributed by atoms with E-state index in [-0.39, 0.29) is 5.91 Å². The van der Waals surface area contributed by atoms with Gasteiger partial charge in [-0.3, -0.25) is 4.79 Å². The summed E-state index contributed by atoms with van der Waals surface area (Å²) in [7, 11) is 0. The molecule has 5 nitrogen and oxygen atoms in total. The lowest BCUT2D eigenvalue weighted by atomic mass is 9.90. The third kappa shape index (κ3) is 5.70. The quantitative estimate of drug-likeness (QED) is 0.816. The zero-order valence-corrected chi connectivity index (χ0v) is 15.8. The van der Waals surface area contributed by atoms with Gasteiger partial charge in [0.25, 0.3) is 0 Å². The lowest BCUT2D eigenvalue weighted by Gasteiger charge is -2.31. The van der Waals surface area contributed by atoms with Gasteiger partial charge in [0, 0.05) is 19.0 Å². The van der Waals surface area contributed by atoms with Crippen LogP contribution in [0.4, 0.5) is 5.82 Å². The van der Waals surface area contributed by atoms with Crippen LogP contribution in [0.3, 0.4) is 0 Å². The molecule has 1 amide bonds. The Morgan fingerprint density at radius 3 is 2.62 bits per heavy atom. The molecule has 3 rings (SSSR count). The molecule has 0 radical (unpaired) electrons. The molecule has 2 heterocycles. The van der Waals surface area contributed by atoms with Crippen molar-refractivity contribution in [1.82, 2.24) is 10.1 Å². The summed E-state index contributed by atoms with van der Waals surface area (Å²) in [6.07, 6.45) is 5.40. The molecule has 140 valence electrons. The molecule has 1 N–H and O–H groups in total. The molecule has 1 aliphatic rings. The van der Waals surface area contributed by atoms with Gasteiger partial charge in [-0.1, -0.05) is 35.0 Å². The third-order valence-corrected chi connectivity index (χ3v) is 5.22. The second-order valence-corrected chi connectivity index (χ2v) is 7.43. The number of nitrogens with one attached hydrogen (secondary N) is 1. The van der Waals surface area contributed by atoms with Crippen LogP contribution in [0.15, 0.2) is 34.9 Å². The van der Waals surface area contributed by atoms with Gasteiger partial charge in [-0.05, 0) is 64.1 Å². The van der Waals surface area contributed by atoms with E-state index in [9.17, 15) is 4.79 Å². The van der Waals surface area contributed by atoms with Gasteiger partial charge >= 0.3 is 0 Å². The minimum Gasteiger partial charge on any atom is -0.360 e. The van der Waals surface area contributed by atoms with Crippen molar-refractivity contribution in [3.63, 3.8) is 0 Å². The first-order valence-electron chi connectivity index (χ1n) is 9.59. The fourth-order valence-corrected chi connectivity index (χ4v) is 3.51. The van der Waals surface area contributed by atoms with Crippen molar-refractivity contribution in [2.45, 2.75) is 46.0 Å². The maximum atomic E-state index is 12.0. The standard InChI is InChI=1S/C21H29N3O2/c1-16-3-5-18(6-4-16)7-8-19-9-12-24(13-10-19)14-11-21(25)22-20-15-17(2)26-23-20/h3-6,15,19H,7-14H2,1-2H3,(H,22,23,25). The Labute approximate surface area is 155 Å². The molecule has 1 fully saturated rings. The topological polar surface area (TPSA) is 58.4 Å². The fourth-order valence-electron chi connectivity index (χ4n) is 3.51. The third-order valence-electron chi connectivity index (χ3n) is 5.22. The van der Waals surface area contributed by atoms with E-state index < -0.39 is 0 Å². The molecule has 1 aromatic carbocycles. The van der Waals surface area contributed by atoms with Crippen LogP contribution in [-0.4, -0.2) is 35.6 Å². The molecule has 0 saturated carbocycles. The number of rotatable bonds is 7. The number of aryl methyl sites for hydroxylation is 3. The van der Waals surface area contributed by atoms with Crippen LogP contribution < -0.4 is 5.32 Å². The van der Waals surface area contributed by atoms with E-state index in [0.29, 0.717) is 18.0 Å². The predicted molar refractivity (Wildman–Crippen MR) is 103 cm³/mol. The van der Waals surface area contributed by atoms with E-state index in [0.717, 1.165) is 25.6 Å². The van der Waals surface area contributed by atoms with Crippen molar-refractivity contribution in [3.05, 3.63) is 47.2 Å². The van der Waals surface area contributed by atoms with Gasteiger partial charge in [0.1, 0.15) is 5.76 Å². The molecular weight excluding hydrogens is 326 g/mol. The summed E-state index contributed by atoms with van der Waals surface area (Å²) in [5.41, 5.74) is 2.77. The van der Waals surface area contributed by atoms with E-state index in [1.807, 2.05) is 6.92 Å². The van der Waals surface area contributed by atoms with Gasteiger partial charge in [-0.25, -0.2) is 0 Å². The van der Waals surface area contributed by atoms with Crippen molar-refractivity contribution < 1.29 is 9.32 Å². The number of hydrogen-bond donors (Lipinski definition) is 1. The minimum absolute atomic E-state index is 0.000190. The molecule has 5 heteroatoms. The van der Waals surface area contributed by atoms with Gasteiger partial charge in [-0.15, -0.1) is 0 Å². The van der Waals surface area contributed by atoms with Crippen molar-refractivity contribution in [2.24, 2.45) is 5.92 Å². The van der Waals surface area contributed by atoms with Crippen molar-refractivity contribution in [2.75, 3.05) is 25.0 Å². The van der Waals surface area contributed by atoms with Gasteiger partial charge in [-0.2, -0.15) is 0 Å².